The van der Waals surface area contributed by atoms with Gasteiger partial charge in [-0.25, -0.2) is 4.79 Å². The normalized spacial score (nSPS) is 17.7. The van der Waals surface area contributed by atoms with Gasteiger partial charge in [0.05, 0.1) is 7.11 Å². The molecule has 1 aliphatic carbocycles. The van der Waals surface area contributed by atoms with Gasteiger partial charge in [-0.05, 0) is 16.7 Å². The highest BCUT2D eigenvalue weighted by molar-refractivity contribution is 6.26. The van der Waals surface area contributed by atoms with Crippen LogP contribution in [0.2, 0.25) is 0 Å². The summed E-state index contributed by atoms with van der Waals surface area (Å²) in [5.74, 6) is -0.813. The molecule has 110 valence electrons. The number of ether oxygens (including phenoxy) is 1. The quantitative estimate of drug-likeness (QED) is 0.643. The van der Waals surface area contributed by atoms with Crippen LogP contribution in [0.1, 0.15) is 23.5 Å². The molecule has 0 unspecified atom stereocenters. The van der Waals surface area contributed by atoms with Gasteiger partial charge in [0.25, 0.3) is 0 Å². The van der Waals surface area contributed by atoms with Crippen molar-refractivity contribution in [2.75, 3.05) is 7.11 Å². The Kier molecular flexibility index (Phi) is 3.88. The van der Waals surface area contributed by atoms with Crippen molar-refractivity contribution in [3.63, 3.8) is 0 Å². The third kappa shape index (κ3) is 2.46. The lowest BCUT2D eigenvalue weighted by Crippen LogP contribution is -2.11. The second-order valence-electron chi connectivity index (χ2n) is 5.24. The molecule has 0 amide bonds. The highest BCUT2D eigenvalue weighted by atomic mass is 16.5. The lowest BCUT2D eigenvalue weighted by atomic mass is 9.88. The number of Topliss-reactive ketones (excluding diaryl/α,β-unsaturated/α-hetero) is 1. The van der Waals surface area contributed by atoms with Crippen LogP contribution in [-0.2, 0) is 14.3 Å². The standard InChI is InChI=1S/C19H16O3/c1-22-19(21)18-16(20)12-15(13-8-4-2-5-9-13)17(18)14-10-6-3-7-11-14/h2-11,15H,12H2,1H3/t15-/m0/s1. The summed E-state index contributed by atoms with van der Waals surface area (Å²) in [4.78, 5) is 24.5. The van der Waals surface area contributed by atoms with Crippen molar-refractivity contribution < 1.29 is 14.3 Å². The summed E-state index contributed by atoms with van der Waals surface area (Å²) in [6, 6.07) is 19.4. The van der Waals surface area contributed by atoms with Crippen molar-refractivity contribution in [1.82, 2.24) is 0 Å². The molecule has 0 saturated heterocycles. The molecule has 2 aromatic rings. The average molecular weight is 292 g/mol. The van der Waals surface area contributed by atoms with E-state index in [1.807, 2.05) is 60.7 Å². The molecule has 3 nitrogen and oxygen atoms in total. The summed E-state index contributed by atoms with van der Waals surface area (Å²) in [5, 5.41) is 0. The number of hydrogen-bond donors (Lipinski definition) is 0. The Bertz CT molecular complexity index is 730. The van der Waals surface area contributed by atoms with Gasteiger partial charge in [-0.2, -0.15) is 0 Å². The predicted molar refractivity (Wildman–Crippen MR) is 84.2 cm³/mol. The highest BCUT2D eigenvalue weighted by Crippen LogP contribution is 2.43. The summed E-state index contributed by atoms with van der Waals surface area (Å²) in [6.07, 6.45) is 0.304. The maximum absolute atomic E-state index is 12.4. The predicted octanol–water partition coefficient (Wildman–Crippen LogP) is 3.37. The first-order chi connectivity index (χ1) is 10.7. The number of benzene rings is 2. The largest absolute Gasteiger partial charge is 0.465 e. The lowest BCUT2D eigenvalue weighted by molar-refractivity contribution is -0.137. The summed E-state index contributed by atoms with van der Waals surface area (Å²) in [6.45, 7) is 0. The molecule has 0 bridgehead atoms. The molecule has 1 aliphatic rings. The molecule has 1 atom stereocenters. The van der Waals surface area contributed by atoms with Crippen LogP contribution in [0.3, 0.4) is 0 Å². The Balaban J connectivity index is 2.18. The summed E-state index contributed by atoms with van der Waals surface area (Å²) in [5.41, 5.74) is 2.88. The van der Waals surface area contributed by atoms with E-state index in [0.717, 1.165) is 16.7 Å². The maximum atomic E-state index is 12.4. The number of rotatable bonds is 3. The van der Waals surface area contributed by atoms with Crippen LogP contribution in [-0.4, -0.2) is 18.9 Å². The van der Waals surface area contributed by atoms with Gasteiger partial charge >= 0.3 is 5.97 Å². The molecule has 0 radical (unpaired) electrons. The summed E-state index contributed by atoms with van der Waals surface area (Å²) < 4.78 is 4.82. The first kappa shape index (κ1) is 14.3. The first-order valence-corrected chi connectivity index (χ1v) is 7.18. The van der Waals surface area contributed by atoms with Crippen molar-refractivity contribution in [2.45, 2.75) is 12.3 Å². The molecule has 3 heteroatoms. The Morgan fingerprint density at radius 3 is 2.18 bits per heavy atom. The fraction of sp³-hybridized carbons (Fsp3) is 0.158. The van der Waals surface area contributed by atoms with E-state index in [4.69, 9.17) is 4.74 Å². The zero-order valence-corrected chi connectivity index (χ0v) is 12.3. The number of esters is 1. The zero-order chi connectivity index (χ0) is 15.5. The molecular weight excluding hydrogens is 276 g/mol. The minimum atomic E-state index is -0.553. The van der Waals surface area contributed by atoms with E-state index in [2.05, 4.69) is 0 Å². The van der Waals surface area contributed by atoms with Gasteiger partial charge in [-0.15, -0.1) is 0 Å². The molecule has 22 heavy (non-hydrogen) atoms. The van der Waals surface area contributed by atoms with Gasteiger partial charge in [-0.1, -0.05) is 60.7 Å². The van der Waals surface area contributed by atoms with E-state index in [-0.39, 0.29) is 17.3 Å². The fourth-order valence-corrected chi connectivity index (χ4v) is 2.97. The van der Waals surface area contributed by atoms with E-state index < -0.39 is 5.97 Å². The van der Waals surface area contributed by atoms with Crippen LogP contribution in [0.4, 0.5) is 0 Å². The number of allylic oxidation sites excluding steroid dienone is 1. The van der Waals surface area contributed by atoms with Crippen LogP contribution in [0.15, 0.2) is 66.2 Å². The summed E-state index contributed by atoms with van der Waals surface area (Å²) >= 11 is 0. The van der Waals surface area contributed by atoms with E-state index in [1.54, 1.807) is 0 Å². The van der Waals surface area contributed by atoms with E-state index in [0.29, 0.717) is 6.42 Å². The molecule has 0 aromatic heterocycles. The number of methoxy groups -OCH3 is 1. The topological polar surface area (TPSA) is 43.4 Å². The van der Waals surface area contributed by atoms with Crippen molar-refractivity contribution in [3.8, 4) is 0 Å². The van der Waals surface area contributed by atoms with Crippen molar-refractivity contribution in [3.05, 3.63) is 77.4 Å². The molecule has 0 N–H and O–H groups in total. The van der Waals surface area contributed by atoms with E-state index in [9.17, 15) is 9.59 Å². The third-order valence-corrected chi connectivity index (χ3v) is 3.96. The monoisotopic (exact) mass is 292 g/mol. The van der Waals surface area contributed by atoms with Crippen molar-refractivity contribution >= 4 is 17.3 Å². The number of carbonyl (C=O) groups excluding carboxylic acids is 2. The molecule has 0 saturated carbocycles. The van der Waals surface area contributed by atoms with Crippen molar-refractivity contribution in [2.24, 2.45) is 0 Å². The maximum Gasteiger partial charge on any atom is 0.341 e. The second kappa shape index (κ2) is 5.98. The molecule has 0 aliphatic heterocycles. The minimum Gasteiger partial charge on any atom is -0.465 e. The summed E-state index contributed by atoms with van der Waals surface area (Å²) in [7, 11) is 1.31. The third-order valence-electron chi connectivity index (χ3n) is 3.96. The minimum absolute atomic E-state index is 0.106. The highest BCUT2D eigenvalue weighted by Gasteiger charge is 2.37. The smallest absolute Gasteiger partial charge is 0.341 e. The fourth-order valence-electron chi connectivity index (χ4n) is 2.97. The van der Waals surface area contributed by atoms with E-state index in [1.165, 1.54) is 7.11 Å². The lowest BCUT2D eigenvalue weighted by Gasteiger charge is -2.15. The Morgan fingerprint density at radius 1 is 1.00 bits per heavy atom. The zero-order valence-electron chi connectivity index (χ0n) is 12.3. The van der Waals surface area contributed by atoms with Crippen LogP contribution in [0.25, 0.3) is 5.57 Å². The molecule has 2 aromatic carbocycles. The number of carbonyl (C=O) groups is 2. The molecule has 0 heterocycles. The number of ketones is 1. The Hall–Kier alpha value is -2.68. The Morgan fingerprint density at radius 2 is 1.59 bits per heavy atom. The molecule has 0 spiro atoms. The number of hydrogen-bond acceptors (Lipinski definition) is 3. The first-order valence-electron chi connectivity index (χ1n) is 7.18. The van der Waals surface area contributed by atoms with Gasteiger partial charge in [0.2, 0.25) is 0 Å². The van der Waals surface area contributed by atoms with Crippen LogP contribution >= 0.6 is 0 Å². The van der Waals surface area contributed by atoms with Crippen LogP contribution in [0, 0.1) is 0 Å². The molecular formula is C19H16O3. The average Bonchev–Trinajstić information content (AvgIpc) is 2.93. The van der Waals surface area contributed by atoms with Gasteiger partial charge in [0.15, 0.2) is 5.78 Å². The second-order valence-corrected chi connectivity index (χ2v) is 5.24. The van der Waals surface area contributed by atoms with Gasteiger partial charge in [-0.3, -0.25) is 4.79 Å². The van der Waals surface area contributed by atoms with Crippen LogP contribution < -0.4 is 0 Å². The molecule has 0 fully saturated rings. The Labute approximate surface area is 129 Å². The van der Waals surface area contributed by atoms with Gasteiger partial charge in [0.1, 0.15) is 5.57 Å². The van der Waals surface area contributed by atoms with Gasteiger partial charge < -0.3 is 4.74 Å². The van der Waals surface area contributed by atoms with Crippen molar-refractivity contribution in [1.29, 1.82) is 0 Å². The van der Waals surface area contributed by atoms with E-state index >= 15 is 0 Å². The van der Waals surface area contributed by atoms with Crippen LogP contribution in [0.5, 0.6) is 0 Å². The van der Waals surface area contributed by atoms with Gasteiger partial charge in [0, 0.05) is 12.3 Å². The SMILES string of the molecule is COC(=O)C1=C(c2ccccc2)[C@H](c2ccccc2)CC1=O. The molecule has 3 rings (SSSR count).